The molecule has 0 amide bonds. The second-order valence-electron chi connectivity index (χ2n) is 5.76. The predicted octanol–water partition coefficient (Wildman–Crippen LogP) is 2.48. The van der Waals surface area contributed by atoms with Gasteiger partial charge in [0.2, 0.25) is 15.2 Å². The van der Waals surface area contributed by atoms with Gasteiger partial charge in [-0.05, 0) is 32.0 Å². The zero-order valence-electron chi connectivity index (χ0n) is 14.8. The van der Waals surface area contributed by atoms with Gasteiger partial charge in [0, 0.05) is 24.0 Å². The number of benzene rings is 1. The third kappa shape index (κ3) is 3.95. The number of hydrogen-bond donors (Lipinski definition) is 1. The molecule has 3 rings (SSSR count). The first-order valence-electron chi connectivity index (χ1n) is 8.01. The van der Waals surface area contributed by atoms with Crippen LogP contribution in [0.1, 0.15) is 17.1 Å². The molecule has 0 aliphatic heterocycles. The highest BCUT2D eigenvalue weighted by molar-refractivity contribution is 7.89. The van der Waals surface area contributed by atoms with Crippen LogP contribution in [-0.4, -0.2) is 36.8 Å². The van der Waals surface area contributed by atoms with Crippen LogP contribution in [0.3, 0.4) is 0 Å². The largest absolute Gasteiger partial charge is 0.495 e. The van der Waals surface area contributed by atoms with E-state index in [0.717, 1.165) is 22.2 Å². The summed E-state index contributed by atoms with van der Waals surface area (Å²) >= 11 is 1.48. The SMILES string of the molecule is COc1ccccc1S(=O)(=O)NCCc1csc(-n2nc(C)cc2C)n1. The Hall–Kier alpha value is -2.23. The number of nitrogens with one attached hydrogen (secondary N) is 1. The number of nitrogens with zero attached hydrogens (tertiary/aromatic N) is 3. The Balaban J connectivity index is 1.66. The Labute approximate surface area is 156 Å². The van der Waals surface area contributed by atoms with Crippen molar-refractivity contribution in [3.05, 3.63) is 52.8 Å². The summed E-state index contributed by atoms with van der Waals surface area (Å²) in [4.78, 5) is 4.67. The smallest absolute Gasteiger partial charge is 0.244 e. The van der Waals surface area contributed by atoms with Crippen LogP contribution in [0.25, 0.3) is 5.13 Å². The van der Waals surface area contributed by atoms with Crippen LogP contribution < -0.4 is 9.46 Å². The van der Waals surface area contributed by atoms with Crippen molar-refractivity contribution < 1.29 is 13.2 Å². The minimum Gasteiger partial charge on any atom is -0.495 e. The summed E-state index contributed by atoms with van der Waals surface area (Å²) in [5.74, 6) is 0.320. The average Bonchev–Trinajstić information content (AvgIpc) is 3.20. The molecule has 0 radical (unpaired) electrons. The van der Waals surface area contributed by atoms with Crippen LogP contribution in [0.4, 0.5) is 0 Å². The topological polar surface area (TPSA) is 86.1 Å². The lowest BCUT2D eigenvalue weighted by Crippen LogP contribution is -2.26. The lowest BCUT2D eigenvalue weighted by atomic mass is 10.3. The third-order valence-corrected chi connectivity index (χ3v) is 6.13. The van der Waals surface area contributed by atoms with Crippen LogP contribution in [0.2, 0.25) is 0 Å². The van der Waals surface area contributed by atoms with E-state index in [1.807, 2.05) is 25.3 Å². The molecule has 0 saturated heterocycles. The lowest BCUT2D eigenvalue weighted by Gasteiger charge is -2.09. The number of sulfonamides is 1. The summed E-state index contributed by atoms with van der Waals surface area (Å²) in [5.41, 5.74) is 2.77. The maximum Gasteiger partial charge on any atom is 0.244 e. The number of aromatic nitrogens is 3. The van der Waals surface area contributed by atoms with E-state index >= 15 is 0 Å². The quantitative estimate of drug-likeness (QED) is 0.668. The van der Waals surface area contributed by atoms with Crippen LogP contribution >= 0.6 is 11.3 Å². The molecule has 0 aliphatic carbocycles. The van der Waals surface area contributed by atoms with Gasteiger partial charge in [-0.3, -0.25) is 0 Å². The van der Waals surface area contributed by atoms with Crippen molar-refractivity contribution in [2.45, 2.75) is 25.2 Å². The van der Waals surface area contributed by atoms with Crippen molar-refractivity contribution in [3.8, 4) is 10.9 Å². The average molecular weight is 393 g/mol. The fourth-order valence-electron chi connectivity index (χ4n) is 2.56. The Bertz CT molecular complexity index is 1010. The van der Waals surface area contributed by atoms with Crippen molar-refractivity contribution in [2.24, 2.45) is 0 Å². The first-order chi connectivity index (χ1) is 12.4. The van der Waals surface area contributed by atoms with Gasteiger partial charge in [-0.2, -0.15) is 5.10 Å². The van der Waals surface area contributed by atoms with Crippen molar-refractivity contribution in [1.29, 1.82) is 0 Å². The highest BCUT2D eigenvalue weighted by Gasteiger charge is 2.18. The van der Waals surface area contributed by atoms with Crippen molar-refractivity contribution in [2.75, 3.05) is 13.7 Å². The van der Waals surface area contributed by atoms with E-state index in [-0.39, 0.29) is 11.4 Å². The molecule has 3 aromatic rings. The molecular weight excluding hydrogens is 372 g/mol. The van der Waals surface area contributed by atoms with E-state index in [2.05, 4.69) is 14.8 Å². The van der Waals surface area contributed by atoms with Gasteiger partial charge in [0.15, 0.2) is 0 Å². The Morgan fingerprint density at radius 1 is 1.27 bits per heavy atom. The van der Waals surface area contributed by atoms with Gasteiger partial charge in [0.05, 0.1) is 18.5 Å². The molecule has 9 heteroatoms. The van der Waals surface area contributed by atoms with Gasteiger partial charge >= 0.3 is 0 Å². The standard InChI is InChI=1S/C17H20N4O3S2/c1-12-10-13(2)21(20-12)17-19-14(11-25-17)8-9-18-26(22,23)16-7-5-4-6-15(16)24-3/h4-7,10-11,18H,8-9H2,1-3H3. The Morgan fingerprint density at radius 3 is 2.73 bits per heavy atom. The second-order valence-corrected chi connectivity index (χ2v) is 8.33. The first-order valence-corrected chi connectivity index (χ1v) is 10.4. The zero-order valence-corrected chi connectivity index (χ0v) is 16.4. The fourth-order valence-corrected chi connectivity index (χ4v) is 4.63. The first kappa shape index (κ1) is 18.6. The van der Waals surface area contributed by atoms with E-state index < -0.39 is 10.0 Å². The summed E-state index contributed by atoms with van der Waals surface area (Å²) in [6.45, 7) is 4.16. The molecular formula is C17H20N4O3S2. The monoisotopic (exact) mass is 392 g/mol. The summed E-state index contributed by atoms with van der Waals surface area (Å²) < 4.78 is 34.4. The van der Waals surface area contributed by atoms with Gasteiger partial charge in [0.1, 0.15) is 10.6 Å². The molecule has 2 heterocycles. The van der Waals surface area contributed by atoms with E-state index in [0.29, 0.717) is 12.2 Å². The molecule has 0 atom stereocenters. The van der Waals surface area contributed by atoms with Crippen molar-refractivity contribution >= 4 is 21.4 Å². The van der Waals surface area contributed by atoms with Crippen LogP contribution in [0.15, 0.2) is 40.6 Å². The van der Waals surface area contributed by atoms with E-state index in [1.54, 1.807) is 22.9 Å². The minimum absolute atomic E-state index is 0.129. The molecule has 1 N–H and O–H groups in total. The van der Waals surface area contributed by atoms with Gasteiger partial charge in [-0.25, -0.2) is 22.8 Å². The number of hydrogen-bond acceptors (Lipinski definition) is 6. The van der Waals surface area contributed by atoms with Gasteiger partial charge < -0.3 is 4.74 Å². The predicted molar refractivity (Wildman–Crippen MR) is 101 cm³/mol. The number of rotatable bonds is 7. The molecule has 0 bridgehead atoms. The maximum absolute atomic E-state index is 12.5. The summed E-state index contributed by atoms with van der Waals surface area (Å²) in [6, 6.07) is 8.52. The van der Waals surface area contributed by atoms with Gasteiger partial charge in [0.25, 0.3) is 0 Å². The lowest BCUT2D eigenvalue weighted by molar-refractivity contribution is 0.402. The van der Waals surface area contributed by atoms with Crippen molar-refractivity contribution in [1.82, 2.24) is 19.5 Å². The Morgan fingerprint density at radius 2 is 2.04 bits per heavy atom. The molecule has 2 aromatic heterocycles. The highest BCUT2D eigenvalue weighted by Crippen LogP contribution is 2.22. The molecule has 0 saturated carbocycles. The van der Waals surface area contributed by atoms with Crippen LogP contribution in [0, 0.1) is 13.8 Å². The number of ether oxygens (including phenoxy) is 1. The number of aryl methyl sites for hydroxylation is 2. The van der Waals surface area contributed by atoms with Gasteiger partial charge in [-0.1, -0.05) is 12.1 Å². The third-order valence-electron chi connectivity index (χ3n) is 3.76. The molecule has 0 spiro atoms. The molecule has 0 fully saturated rings. The number of thiazole rings is 1. The van der Waals surface area contributed by atoms with Crippen LogP contribution in [-0.2, 0) is 16.4 Å². The molecule has 26 heavy (non-hydrogen) atoms. The fraction of sp³-hybridized carbons (Fsp3) is 0.294. The van der Waals surface area contributed by atoms with E-state index in [4.69, 9.17) is 4.74 Å². The van der Waals surface area contributed by atoms with Crippen LogP contribution in [0.5, 0.6) is 5.75 Å². The van der Waals surface area contributed by atoms with E-state index in [1.165, 1.54) is 24.5 Å². The van der Waals surface area contributed by atoms with Gasteiger partial charge in [-0.15, -0.1) is 11.3 Å². The number of para-hydroxylation sites is 1. The second kappa shape index (κ2) is 7.56. The maximum atomic E-state index is 12.5. The molecule has 7 nitrogen and oxygen atoms in total. The summed E-state index contributed by atoms with van der Waals surface area (Å²) in [5, 5.41) is 7.11. The molecule has 1 aromatic carbocycles. The minimum atomic E-state index is -3.64. The molecule has 0 aliphatic rings. The normalized spacial score (nSPS) is 11.7. The molecule has 0 unspecified atom stereocenters. The Kier molecular flexibility index (Phi) is 5.40. The van der Waals surface area contributed by atoms with E-state index in [9.17, 15) is 8.42 Å². The van der Waals surface area contributed by atoms with Crippen molar-refractivity contribution in [3.63, 3.8) is 0 Å². The summed E-state index contributed by atoms with van der Waals surface area (Å²) in [6.07, 6.45) is 0.490. The zero-order chi connectivity index (χ0) is 18.7. The summed E-state index contributed by atoms with van der Waals surface area (Å²) in [7, 11) is -2.19. The number of methoxy groups -OCH3 is 1. The molecule has 138 valence electrons. The highest BCUT2D eigenvalue weighted by atomic mass is 32.2.